The first-order valence-corrected chi connectivity index (χ1v) is 3.68. The van der Waals surface area contributed by atoms with Crippen molar-refractivity contribution in [3.05, 3.63) is 12.7 Å². The lowest BCUT2D eigenvalue weighted by Gasteiger charge is -2.12. The van der Waals surface area contributed by atoms with Crippen LogP contribution >= 0.6 is 0 Å². The van der Waals surface area contributed by atoms with Crippen LogP contribution in [0.5, 0.6) is 0 Å². The molecule has 2 rings (SSSR count). The molecule has 2 aliphatic heterocycles. The zero-order chi connectivity index (χ0) is 6.27. The molecule has 2 saturated heterocycles. The summed E-state index contributed by atoms with van der Waals surface area (Å²) in [5.41, 5.74) is 0. The number of fused-ring (bicyclic) bond motifs is 2. The van der Waals surface area contributed by atoms with Gasteiger partial charge in [-0.2, -0.15) is 0 Å². The molecule has 2 bridgehead atoms. The lowest BCUT2D eigenvalue weighted by atomic mass is 9.90. The van der Waals surface area contributed by atoms with E-state index >= 15 is 0 Å². The number of hydrogen-bond acceptors (Lipinski definition) is 1. The van der Waals surface area contributed by atoms with Crippen LogP contribution in [0.1, 0.15) is 19.3 Å². The first-order chi connectivity index (χ1) is 4.40. The minimum Gasteiger partial charge on any atom is -0.374 e. The summed E-state index contributed by atoms with van der Waals surface area (Å²) in [6.45, 7) is 3.78. The van der Waals surface area contributed by atoms with Gasteiger partial charge in [-0.05, 0) is 19.3 Å². The SMILES string of the molecule is C=CC1CC2CCC1O2. The highest BCUT2D eigenvalue weighted by Gasteiger charge is 2.38. The Labute approximate surface area is 55.7 Å². The second kappa shape index (κ2) is 1.84. The molecule has 3 unspecified atom stereocenters. The summed E-state index contributed by atoms with van der Waals surface area (Å²) in [6.07, 6.45) is 6.94. The summed E-state index contributed by atoms with van der Waals surface area (Å²) in [6, 6.07) is 0. The molecule has 0 saturated carbocycles. The molecule has 50 valence electrons. The van der Waals surface area contributed by atoms with Gasteiger partial charge in [0, 0.05) is 5.92 Å². The molecular weight excluding hydrogens is 112 g/mol. The number of hydrogen-bond donors (Lipinski definition) is 0. The van der Waals surface area contributed by atoms with Crippen LogP contribution in [-0.4, -0.2) is 12.2 Å². The Morgan fingerprint density at radius 2 is 2.33 bits per heavy atom. The van der Waals surface area contributed by atoms with Crippen molar-refractivity contribution >= 4 is 0 Å². The molecule has 0 amide bonds. The normalized spacial score (nSPS) is 47.8. The van der Waals surface area contributed by atoms with E-state index in [1.165, 1.54) is 19.3 Å². The monoisotopic (exact) mass is 124 g/mol. The minimum atomic E-state index is 0.535. The zero-order valence-electron chi connectivity index (χ0n) is 5.55. The Morgan fingerprint density at radius 1 is 1.44 bits per heavy atom. The van der Waals surface area contributed by atoms with Crippen molar-refractivity contribution < 1.29 is 4.74 Å². The van der Waals surface area contributed by atoms with Gasteiger partial charge in [0.25, 0.3) is 0 Å². The Morgan fingerprint density at radius 3 is 2.67 bits per heavy atom. The largest absolute Gasteiger partial charge is 0.374 e. The van der Waals surface area contributed by atoms with Crippen LogP contribution in [0.25, 0.3) is 0 Å². The van der Waals surface area contributed by atoms with Crippen LogP contribution < -0.4 is 0 Å². The fourth-order valence-electron chi connectivity index (χ4n) is 1.93. The summed E-state index contributed by atoms with van der Waals surface area (Å²) in [4.78, 5) is 0. The molecule has 9 heavy (non-hydrogen) atoms. The van der Waals surface area contributed by atoms with Crippen LogP contribution in [0, 0.1) is 5.92 Å². The maximum Gasteiger partial charge on any atom is 0.0643 e. The van der Waals surface area contributed by atoms with E-state index in [0.717, 1.165) is 0 Å². The summed E-state index contributed by atoms with van der Waals surface area (Å²) in [5, 5.41) is 0. The Kier molecular flexibility index (Phi) is 1.12. The van der Waals surface area contributed by atoms with Gasteiger partial charge in [0.1, 0.15) is 0 Å². The molecule has 1 nitrogen and oxygen atoms in total. The van der Waals surface area contributed by atoms with E-state index in [0.29, 0.717) is 18.1 Å². The van der Waals surface area contributed by atoms with Crippen molar-refractivity contribution in [2.24, 2.45) is 5.92 Å². The van der Waals surface area contributed by atoms with Crippen LogP contribution in [0.2, 0.25) is 0 Å². The van der Waals surface area contributed by atoms with Crippen LogP contribution in [-0.2, 0) is 4.74 Å². The second-order valence-electron chi connectivity index (χ2n) is 3.01. The third-order valence-corrected chi connectivity index (χ3v) is 2.46. The fourth-order valence-corrected chi connectivity index (χ4v) is 1.93. The Hall–Kier alpha value is -0.300. The molecule has 1 heteroatoms. The van der Waals surface area contributed by atoms with Crippen LogP contribution in [0.4, 0.5) is 0 Å². The first kappa shape index (κ1) is 5.48. The van der Waals surface area contributed by atoms with Crippen molar-refractivity contribution in [2.45, 2.75) is 31.5 Å². The molecule has 0 aromatic rings. The molecule has 0 aliphatic carbocycles. The first-order valence-electron chi connectivity index (χ1n) is 3.68. The van der Waals surface area contributed by atoms with Gasteiger partial charge >= 0.3 is 0 Å². The molecule has 3 atom stereocenters. The lowest BCUT2D eigenvalue weighted by Crippen LogP contribution is -2.12. The molecule has 0 N–H and O–H groups in total. The molecule has 2 heterocycles. The van der Waals surface area contributed by atoms with E-state index < -0.39 is 0 Å². The average Bonchev–Trinajstić information content (AvgIpc) is 2.45. The van der Waals surface area contributed by atoms with Crippen molar-refractivity contribution in [1.82, 2.24) is 0 Å². The maximum absolute atomic E-state index is 5.60. The smallest absolute Gasteiger partial charge is 0.0643 e. The second-order valence-corrected chi connectivity index (χ2v) is 3.01. The fraction of sp³-hybridized carbons (Fsp3) is 0.750. The lowest BCUT2D eigenvalue weighted by molar-refractivity contribution is 0.0979. The van der Waals surface area contributed by atoms with Crippen molar-refractivity contribution in [3.8, 4) is 0 Å². The highest BCUT2D eigenvalue weighted by Crippen LogP contribution is 2.38. The minimum absolute atomic E-state index is 0.535. The maximum atomic E-state index is 5.60. The van der Waals surface area contributed by atoms with Gasteiger partial charge in [0.05, 0.1) is 12.2 Å². The van der Waals surface area contributed by atoms with Gasteiger partial charge in [-0.3, -0.25) is 0 Å². The predicted molar refractivity (Wildman–Crippen MR) is 36.2 cm³/mol. The van der Waals surface area contributed by atoms with Gasteiger partial charge in [-0.1, -0.05) is 6.08 Å². The van der Waals surface area contributed by atoms with Crippen molar-refractivity contribution in [1.29, 1.82) is 0 Å². The van der Waals surface area contributed by atoms with Crippen LogP contribution in [0.15, 0.2) is 12.7 Å². The van der Waals surface area contributed by atoms with Gasteiger partial charge in [-0.15, -0.1) is 6.58 Å². The zero-order valence-corrected chi connectivity index (χ0v) is 5.55. The third kappa shape index (κ3) is 0.715. The molecule has 0 aromatic carbocycles. The molecule has 0 spiro atoms. The standard InChI is InChI=1S/C8H12O/c1-2-6-5-7-3-4-8(6)9-7/h2,6-8H,1,3-5H2. The molecule has 0 radical (unpaired) electrons. The van der Waals surface area contributed by atoms with E-state index in [1.54, 1.807) is 0 Å². The Bertz CT molecular complexity index is 131. The molecule has 0 aromatic heterocycles. The van der Waals surface area contributed by atoms with E-state index in [2.05, 4.69) is 6.58 Å². The highest BCUT2D eigenvalue weighted by molar-refractivity contribution is 4.97. The summed E-state index contributed by atoms with van der Waals surface area (Å²) >= 11 is 0. The summed E-state index contributed by atoms with van der Waals surface area (Å²) < 4.78 is 5.60. The van der Waals surface area contributed by atoms with E-state index in [9.17, 15) is 0 Å². The summed E-state index contributed by atoms with van der Waals surface area (Å²) in [7, 11) is 0. The molecule has 2 aliphatic rings. The van der Waals surface area contributed by atoms with E-state index in [4.69, 9.17) is 4.74 Å². The van der Waals surface area contributed by atoms with Gasteiger partial charge in [0.2, 0.25) is 0 Å². The number of rotatable bonds is 1. The predicted octanol–water partition coefficient (Wildman–Crippen LogP) is 1.74. The Balaban J connectivity index is 2.09. The third-order valence-electron chi connectivity index (χ3n) is 2.46. The average molecular weight is 124 g/mol. The number of ether oxygens (including phenoxy) is 1. The molecular formula is C8H12O. The topological polar surface area (TPSA) is 9.23 Å². The molecule has 2 fully saturated rings. The van der Waals surface area contributed by atoms with Crippen molar-refractivity contribution in [2.75, 3.05) is 0 Å². The van der Waals surface area contributed by atoms with E-state index in [-0.39, 0.29) is 0 Å². The van der Waals surface area contributed by atoms with E-state index in [1.807, 2.05) is 6.08 Å². The van der Waals surface area contributed by atoms with Gasteiger partial charge < -0.3 is 4.74 Å². The quantitative estimate of drug-likeness (QED) is 0.484. The summed E-state index contributed by atoms with van der Waals surface area (Å²) in [5.74, 6) is 0.670. The van der Waals surface area contributed by atoms with Gasteiger partial charge in [0.15, 0.2) is 0 Å². The van der Waals surface area contributed by atoms with Crippen molar-refractivity contribution in [3.63, 3.8) is 0 Å². The van der Waals surface area contributed by atoms with Crippen LogP contribution in [0.3, 0.4) is 0 Å². The van der Waals surface area contributed by atoms with Gasteiger partial charge in [-0.25, -0.2) is 0 Å². The highest BCUT2D eigenvalue weighted by atomic mass is 16.5.